The van der Waals surface area contributed by atoms with Crippen molar-refractivity contribution in [2.45, 2.75) is 72.6 Å². The second kappa shape index (κ2) is 7.25. The van der Waals surface area contributed by atoms with Crippen molar-refractivity contribution in [2.75, 3.05) is 0 Å². The van der Waals surface area contributed by atoms with Gasteiger partial charge in [-0.15, -0.1) is 0 Å². The molecule has 2 amide bonds. The van der Waals surface area contributed by atoms with Crippen LogP contribution in [0, 0.1) is 13.8 Å². The molecule has 3 heterocycles. The normalized spacial score (nSPS) is 16.6. The summed E-state index contributed by atoms with van der Waals surface area (Å²) in [4.78, 5) is 16.9. The average molecular weight is 345 g/mol. The highest BCUT2D eigenvalue weighted by Gasteiger charge is 2.25. The molecule has 0 spiro atoms. The van der Waals surface area contributed by atoms with E-state index >= 15 is 0 Å². The summed E-state index contributed by atoms with van der Waals surface area (Å²) in [6.45, 7) is 10.3. The SMILES string of the molecule is CCc1nc2n(n1)CCCC2NC(=O)NCc1c(C)nn(CC)c1C. The van der Waals surface area contributed by atoms with E-state index in [9.17, 15) is 4.79 Å². The Labute approximate surface area is 148 Å². The van der Waals surface area contributed by atoms with Crippen molar-refractivity contribution in [3.8, 4) is 0 Å². The van der Waals surface area contributed by atoms with Gasteiger partial charge in [-0.1, -0.05) is 6.92 Å². The molecule has 0 saturated heterocycles. The van der Waals surface area contributed by atoms with Crippen molar-refractivity contribution in [3.63, 3.8) is 0 Å². The van der Waals surface area contributed by atoms with Crippen molar-refractivity contribution >= 4 is 6.03 Å². The largest absolute Gasteiger partial charge is 0.334 e. The molecule has 8 nitrogen and oxygen atoms in total. The lowest BCUT2D eigenvalue weighted by Gasteiger charge is -2.23. The van der Waals surface area contributed by atoms with Gasteiger partial charge in [0.25, 0.3) is 0 Å². The quantitative estimate of drug-likeness (QED) is 0.867. The summed E-state index contributed by atoms with van der Waals surface area (Å²) in [6, 6.07) is -0.260. The molecular formula is C17H27N7O. The van der Waals surface area contributed by atoms with Gasteiger partial charge in [0.1, 0.15) is 5.82 Å². The molecule has 8 heteroatoms. The van der Waals surface area contributed by atoms with E-state index in [4.69, 9.17) is 0 Å². The molecule has 0 bridgehead atoms. The Hall–Kier alpha value is -2.38. The van der Waals surface area contributed by atoms with Gasteiger partial charge in [-0.3, -0.25) is 4.68 Å². The van der Waals surface area contributed by atoms with Crippen molar-refractivity contribution < 1.29 is 4.79 Å². The molecule has 2 N–H and O–H groups in total. The minimum absolute atomic E-state index is 0.0814. The molecular weight excluding hydrogens is 318 g/mol. The number of carbonyl (C=O) groups excluding carboxylic acids is 1. The predicted molar refractivity (Wildman–Crippen MR) is 94.1 cm³/mol. The first-order chi connectivity index (χ1) is 12.0. The van der Waals surface area contributed by atoms with Crippen LogP contribution >= 0.6 is 0 Å². The molecule has 2 aromatic heterocycles. The summed E-state index contributed by atoms with van der Waals surface area (Å²) in [5, 5.41) is 15.0. The zero-order chi connectivity index (χ0) is 18.0. The lowest BCUT2D eigenvalue weighted by molar-refractivity contribution is 0.232. The Morgan fingerprint density at radius 1 is 1.28 bits per heavy atom. The second-order valence-electron chi connectivity index (χ2n) is 6.45. The van der Waals surface area contributed by atoms with E-state index in [1.165, 1.54) is 0 Å². The van der Waals surface area contributed by atoms with Crippen LogP contribution in [0.15, 0.2) is 0 Å². The molecule has 3 rings (SSSR count). The number of amides is 2. The van der Waals surface area contributed by atoms with Crippen LogP contribution in [0.25, 0.3) is 0 Å². The highest BCUT2D eigenvalue weighted by molar-refractivity contribution is 5.74. The van der Waals surface area contributed by atoms with Gasteiger partial charge in [0.15, 0.2) is 5.82 Å². The summed E-state index contributed by atoms with van der Waals surface area (Å²) in [6.07, 6.45) is 2.69. The van der Waals surface area contributed by atoms with Crippen LogP contribution in [-0.2, 0) is 26.1 Å². The number of aryl methyl sites for hydroxylation is 4. The smallest absolute Gasteiger partial charge is 0.315 e. The number of hydrogen-bond acceptors (Lipinski definition) is 4. The van der Waals surface area contributed by atoms with Gasteiger partial charge < -0.3 is 10.6 Å². The van der Waals surface area contributed by atoms with Crippen molar-refractivity contribution in [1.82, 2.24) is 35.2 Å². The fourth-order valence-corrected chi connectivity index (χ4v) is 3.36. The van der Waals surface area contributed by atoms with Crippen LogP contribution in [-0.4, -0.2) is 30.6 Å². The third-order valence-electron chi connectivity index (χ3n) is 4.80. The summed E-state index contributed by atoms with van der Waals surface area (Å²) in [5.74, 6) is 1.70. The molecule has 0 aliphatic carbocycles. The van der Waals surface area contributed by atoms with E-state index in [1.807, 2.05) is 30.1 Å². The Balaban J connectivity index is 1.62. The molecule has 1 unspecified atom stereocenters. The van der Waals surface area contributed by atoms with Crippen LogP contribution in [0.4, 0.5) is 4.79 Å². The minimum Gasteiger partial charge on any atom is -0.334 e. The van der Waals surface area contributed by atoms with Crippen molar-refractivity contribution in [3.05, 3.63) is 28.6 Å². The number of carbonyl (C=O) groups is 1. The first-order valence-electron chi connectivity index (χ1n) is 9.04. The van der Waals surface area contributed by atoms with Gasteiger partial charge in [0.05, 0.1) is 11.7 Å². The molecule has 136 valence electrons. The number of fused-ring (bicyclic) bond motifs is 1. The number of aromatic nitrogens is 5. The number of nitrogens with one attached hydrogen (secondary N) is 2. The number of rotatable bonds is 5. The van der Waals surface area contributed by atoms with Crippen LogP contribution in [0.1, 0.15) is 61.3 Å². The van der Waals surface area contributed by atoms with Gasteiger partial charge in [-0.25, -0.2) is 14.5 Å². The molecule has 1 atom stereocenters. The molecule has 0 fully saturated rings. The van der Waals surface area contributed by atoms with Crippen LogP contribution < -0.4 is 10.6 Å². The maximum atomic E-state index is 12.4. The van der Waals surface area contributed by atoms with E-state index < -0.39 is 0 Å². The topological polar surface area (TPSA) is 89.7 Å². The number of hydrogen-bond donors (Lipinski definition) is 2. The predicted octanol–water partition coefficient (Wildman–Crippen LogP) is 2.01. The van der Waals surface area contributed by atoms with Gasteiger partial charge in [-0.05, 0) is 33.6 Å². The molecule has 1 aliphatic heterocycles. The van der Waals surface area contributed by atoms with E-state index in [2.05, 4.69) is 32.7 Å². The van der Waals surface area contributed by atoms with Gasteiger partial charge in [0.2, 0.25) is 0 Å². The third-order valence-corrected chi connectivity index (χ3v) is 4.80. The monoisotopic (exact) mass is 345 g/mol. The molecule has 0 radical (unpaired) electrons. The Kier molecular flexibility index (Phi) is 5.06. The van der Waals surface area contributed by atoms with E-state index in [-0.39, 0.29) is 12.1 Å². The van der Waals surface area contributed by atoms with Crippen molar-refractivity contribution in [2.24, 2.45) is 0 Å². The highest BCUT2D eigenvalue weighted by Crippen LogP contribution is 2.23. The fourth-order valence-electron chi connectivity index (χ4n) is 3.36. The number of nitrogens with zero attached hydrogens (tertiary/aromatic N) is 5. The number of urea groups is 1. The zero-order valence-corrected chi connectivity index (χ0v) is 15.5. The third kappa shape index (κ3) is 3.52. The second-order valence-corrected chi connectivity index (χ2v) is 6.45. The first kappa shape index (κ1) is 17.4. The molecule has 25 heavy (non-hydrogen) atoms. The Morgan fingerprint density at radius 3 is 2.76 bits per heavy atom. The summed E-state index contributed by atoms with van der Waals surface area (Å²) < 4.78 is 3.88. The van der Waals surface area contributed by atoms with Crippen LogP contribution in [0.3, 0.4) is 0 Å². The molecule has 0 saturated carbocycles. The Morgan fingerprint density at radius 2 is 2.08 bits per heavy atom. The summed E-state index contributed by atoms with van der Waals surface area (Å²) in [5.41, 5.74) is 3.15. The molecule has 0 aromatic carbocycles. The van der Waals surface area contributed by atoms with Crippen molar-refractivity contribution in [1.29, 1.82) is 0 Å². The average Bonchev–Trinajstić information content (AvgIpc) is 3.14. The van der Waals surface area contributed by atoms with E-state index in [1.54, 1.807) is 0 Å². The minimum atomic E-state index is -0.178. The highest BCUT2D eigenvalue weighted by atomic mass is 16.2. The summed E-state index contributed by atoms with van der Waals surface area (Å²) >= 11 is 0. The molecule has 2 aromatic rings. The van der Waals surface area contributed by atoms with Gasteiger partial charge in [-0.2, -0.15) is 10.2 Å². The maximum absolute atomic E-state index is 12.4. The van der Waals surface area contributed by atoms with Gasteiger partial charge >= 0.3 is 6.03 Å². The standard InChI is InChI=1S/C17H27N7O/c1-5-15-20-16-14(8-7-9-24(16)22-15)19-17(25)18-10-13-11(3)21-23(6-2)12(13)4/h14H,5-10H2,1-4H3,(H2,18,19,25). The summed E-state index contributed by atoms with van der Waals surface area (Å²) in [7, 11) is 0. The van der Waals surface area contributed by atoms with Gasteiger partial charge in [0, 0.05) is 37.3 Å². The van der Waals surface area contributed by atoms with E-state index in [0.29, 0.717) is 6.54 Å². The van der Waals surface area contributed by atoms with Crippen LogP contribution in [0.2, 0.25) is 0 Å². The lowest BCUT2D eigenvalue weighted by Crippen LogP contribution is -2.40. The zero-order valence-electron chi connectivity index (χ0n) is 15.5. The maximum Gasteiger partial charge on any atom is 0.315 e. The lowest BCUT2D eigenvalue weighted by atomic mass is 10.1. The molecule has 1 aliphatic rings. The van der Waals surface area contributed by atoms with E-state index in [0.717, 1.165) is 61.0 Å². The first-order valence-corrected chi connectivity index (χ1v) is 9.04. The fraction of sp³-hybridized carbons (Fsp3) is 0.647. The van der Waals surface area contributed by atoms with Crippen LogP contribution in [0.5, 0.6) is 0 Å². The Bertz CT molecular complexity index is 761.